The maximum absolute atomic E-state index is 13.8. The van der Waals surface area contributed by atoms with Gasteiger partial charge in [0.15, 0.2) is 0 Å². The number of aromatic nitrogens is 1. The fourth-order valence-electron chi connectivity index (χ4n) is 6.62. The molecular weight excluding hydrogens is 377 g/mol. The number of hydrogen-bond acceptors (Lipinski definition) is 2. The summed E-state index contributed by atoms with van der Waals surface area (Å²) in [5.74, 6) is 0.821. The van der Waals surface area contributed by atoms with Crippen LogP contribution in [0.25, 0.3) is 5.57 Å². The first kappa shape index (κ1) is 19.5. The summed E-state index contributed by atoms with van der Waals surface area (Å²) in [7, 11) is 0. The van der Waals surface area contributed by atoms with Crippen molar-refractivity contribution in [1.29, 1.82) is 0 Å². The van der Waals surface area contributed by atoms with E-state index in [1.807, 2.05) is 6.20 Å². The van der Waals surface area contributed by atoms with Crippen LogP contribution >= 0.6 is 0 Å². The van der Waals surface area contributed by atoms with Crippen molar-refractivity contribution in [2.75, 3.05) is 0 Å². The molecule has 1 aromatic carbocycles. The van der Waals surface area contributed by atoms with Crippen molar-refractivity contribution >= 4 is 11.5 Å². The second-order valence-electron chi connectivity index (χ2n) is 9.54. The summed E-state index contributed by atoms with van der Waals surface area (Å²) in [5, 5.41) is 8.97. The number of fused-ring (bicyclic) bond motifs is 5. The number of aryl methyl sites for hydroxylation is 2. The molecule has 3 aliphatic carbocycles. The van der Waals surface area contributed by atoms with Gasteiger partial charge in [-0.05, 0) is 95.6 Å². The number of halogens is 1. The summed E-state index contributed by atoms with van der Waals surface area (Å²) in [6.45, 7) is 2.38. The first-order chi connectivity index (χ1) is 14.5. The Morgan fingerprint density at radius 2 is 2.13 bits per heavy atom. The zero-order valence-electron chi connectivity index (χ0n) is 17.4. The molecule has 4 heteroatoms. The molecular formula is C26H28FNO2. The van der Waals surface area contributed by atoms with Gasteiger partial charge in [-0.25, -0.2) is 4.39 Å². The topological polar surface area (TPSA) is 50.2 Å². The van der Waals surface area contributed by atoms with Crippen molar-refractivity contribution in [2.45, 2.75) is 57.8 Å². The number of benzene rings is 1. The number of carboxylic acid groups (broad SMARTS) is 1. The fraction of sp³-hybridized carbons (Fsp3) is 0.462. The smallest absolute Gasteiger partial charge is 0.303 e. The minimum absolute atomic E-state index is 0.0928. The number of allylic oxidation sites excluding steroid dienone is 2. The maximum Gasteiger partial charge on any atom is 0.303 e. The molecule has 4 unspecified atom stereocenters. The van der Waals surface area contributed by atoms with Gasteiger partial charge in [0, 0.05) is 12.6 Å². The predicted molar refractivity (Wildman–Crippen MR) is 115 cm³/mol. The minimum atomic E-state index is -0.739. The Labute approximate surface area is 177 Å². The van der Waals surface area contributed by atoms with Crippen LogP contribution in [-0.4, -0.2) is 16.1 Å². The molecule has 3 nitrogen and oxygen atoms in total. The number of carboxylic acids is 1. The Hall–Kier alpha value is -2.49. The molecule has 1 aromatic heterocycles. The Kier molecular flexibility index (Phi) is 4.76. The van der Waals surface area contributed by atoms with E-state index in [-0.39, 0.29) is 17.7 Å². The third-order valence-corrected chi connectivity index (χ3v) is 8.02. The second kappa shape index (κ2) is 7.33. The van der Waals surface area contributed by atoms with Crippen molar-refractivity contribution in [3.63, 3.8) is 0 Å². The first-order valence-corrected chi connectivity index (χ1v) is 11.1. The zero-order valence-corrected chi connectivity index (χ0v) is 17.4. The Morgan fingerprint density at radius 1 is 1.27 bits per heavy atom. The number of hydrogen-bond donors (Lipinski definition) is 1. The van der Waals surface area contributed by atoms with Crippen LogP contribution in [0.15, 0.2) is 42.7 Å². The molecule has 156 valence electrons. The molecule has 5 rings (SSSR count). The highest BCUT2D eigenvalue weighted by Crippen LogP contribution is 2.63. The highest BCUT2D eigenvalue weighted by atomic mass is 19.1. The summed E-state index contributed by atoms with van der Waals surface area (Å²) < 4.78 is 13.8. The summed E-state index contributed by atoms with van der Waals surface area (Å²) in [6.07, 6.45) is 11.8. The Balaban J connectivity index is 1.40. The molecule has 30 heavy (non-hydrogen) atoms. The molecule has 4 atom stereocenters. The van der Waals surface area contributed by atoms with E-state index in [9.17, 15) is 9.18 Å². The van der Waals surface area contributed by atoms with E-state index in [1.54, 1.807) is 6.07 Å². The standard InChI is InChI=1S/C26H28FNO2/c1-26-11-10-21-20-5-2-16(3-9-25(29)30)12-17(20)4-6-22(21)24(26)8-7-23(26)18-13-19(27)15-28-14-18/h2,5,7,12-15,21-22,24H,3-4,6,8-11H2,1H3,(H,29,30). The highest BCUT2D eigenvalue weighted by Gasteiger charge is 2.51. The van der Waals surface area contributed by atoms with Crippen LogP contribution in [-0.2, 0) is 17.6 Å². The van der Waals surface area contributed by atoms with E-state index in [2.05, 4.69) is 36.2 Å². The zero-order chi connectivity index (χ0) is 20.9. The molecule has 3 aliphatic rings. The van der Waals surface area contributed by atoms with Crippen molar-refractivity contribution in [3.8, 4) is 0 Å². The largest absolute Gasteiger partial charge is 0.481 e. The van der Waals surface area contributed by atoms with Crippen LogP contribution in [0.2, 0.25) is 0 Å². The van der Waals surface area contributed by atoms with Gasteiger partial charge in [0.1, 0.15) is 5.82 Å². The molecule has 2 aromatic rings. The van der Waals surface area contributed by atoms with E-state index >= 15 is 0 Å². The molecule has 0 spiro atoms. The van der Waals surface area contributed by atoms with Crippen molar-refractivity contribution in [3.05, 3.63) is 70.8 Å². The van der Waals surface area contributed by atoms with E-state index in [0.717, 1.165) is 36.8 Å². The lowest BCUT2D eigenvalue weighted by atomic mass is 9.54. The number of nitrogens with zero attached hydrogens (tertiary/aromatic N) is 1. The third kappa shape index (κ3) is 3.17. The highest BCUT2D eigenvalue weighted by molar-refractivity contribution is 5.72. The molecule has 1 N–H and O–H groups in total. The predicted octanol–water partition coefficient (Wildman–Crippen LogP) is 5.79. The van der Waals surface area contributed by atoms with Gasteiger partial charge in [-0.15, -0.1) is 0 Å². The summed E-state index contributed by atoms with van der Waals surface area (Å²) >= 11 is 0. The number of carbonyl (C=O) groups is 1. The molecule has 0 aliphatic heterocycles. The van der Waals surface area contributed by atoms with Gasteiger partial charge in [0.05, 0.1) is 6.20 Å². The second-order valence-corrected chi connectivity index (χ2v) is 9.54. The van der Waals surface area contributed by atoms with Crippen molar-refractivity contribution in [1.82, 2.24) is 4.98 Å². The van der Waals surface area contributed by atoms with Crippen molar-refractivity contribution < 1.29 is 14.3 Å². The van der Waals surface area contributed by atoms with Gasteiger partial charge in [-0.1, -0.05) is 31.2 Å². The SMILES string of the molecule is CC12CCC3c4ccc(CCC(=O)O)cc4CCC3C1CC=C2c1cncc(F)c1. The van der Waals surface area contributed by atoms with Crippen LogP contribution < -0.4 is 0 Å². The minimum Gasteiger partial charge on any atom is -0.481 e. The number of rotatable bonds is 4. The monoisotopic (exact) mass is 405 g/mol. The van der Waals surface area contributed by atoms with Crippen LogP contribution in [0.4, 0.5) is 4.39 Å². The van der Waals surface area contributed by atoms with E-state index in [1.165, 1.54) is 29.3 Å². The molecule has 0 saturated heterocycles. The number of pyridine rings is 1. The van der Waals surface area contributed by atoms with E-state index < -0.39 is 5.97 Å². The van der Waals surface area contributed by atoms with Crippen LogP contribution in [0, 0.1) is 23.1 Å². The maximum atomic E-state index is 13.8. The van der Waals surface area contributed by atoms with Gasteiger partial charge < -0.3 is 5.11 Å². The van der Waals surface area contributed by atoms with E-state index in [0.29, 0.717) is 24.2 Å². The quantitative estimate of drug-likeness (QED) is 0.701. The van der Waals surface area contributed by atoms with Crippen LogP contribution in [0.5, 0.6) is 0 Å². The number of aliphatic carboxylic acids is 1. The lowest BCUT2D eigenvalue weighted by Gasteiger charge is -2.50. The van der Waals surface area contributed by atoms with Gasteiger partial charge in [-0.2, -0.15) is 0 Å². The summed E-state index contributed by atoms with van der Waals surface area (Å²) in [4.78, 5) is 15.0. The Morgan fingerprint density at radius 3 is 2.93 bits per heavy atom. The lowest BCUT2D eigenvalue weighted by Crippen LogP contribution is -2.40. The average molecular weight is 406 g/mol. The molecule has 1 saturated carbocycles. The summed E-state index contributed by atoms with van der Waals surface area (Å²) in [6, 6.07) is 8.28. The first-order valence-electron chi connectivity index (χ1n) is 11.1. The lowest BCUT2D eigenvalue weighted by molar-refractivity contribution is -0.136. The van der Waals surface area contributed by atoms with Gasteiger partial charge in [-0.3, -0.25) is 9.78 Å². The Bertz CT molecular complexity index is 1030. The van der Waals surface area contributed by atoms with E-state index in [4.69, 9.17) is 5.11 Å². The average Bonchev–Trinajstić information content (AvgIpc) is 3.09. The molecule has 0 radical (unpaired) electrons. The van der Waals surface area contributed by atoms with Gasteiger partial charge in [0.25, 0.3) is 0 Å². The molecule has 0 amide bonds. The molecule has 0 bridgehead atoms. The fourth-order valence-corrected chi connectivity index (χ4v) is 6.62. The third-order valence-electron chi connectivity index (χ3n) is 8.02. The van der Waals surface area contributed by atoms with Gasteiger partial charge >= 0.3 is 5.97 Å². The van der Waals surface area contributed by atoms with Crippen LogP contribution in [0.3, 0.4) is 0 Å². The van der Waals surface area contributed by atoms with Crippen LogP contribution in [0.1, 0.15) is 67.2 Å². The summed E-state index contributed by atoms with van der Waals surface area (Å²) in [5.41, 5.74) is 6.36. The van der Waals surface area contributed by atoms with Crippen molar-refractivity contribution in [2.24, 2.45) is 17.3 Å². The molecule has 1 heterocycles. The molecule has 1 fully saturated rings. The van der Waals surface area contributed by atoms with Gasteiger partial charge in [0.2, 0.25) is 0 Å². The normalized spacial score (nSPS) is 29.5.